The van der Waals surface area contributed by atoms with Gasteiger partial charge >= 0.3 is 0 Å². The Morgan fingerprint density at radius 1 is 0.667 bits per heavy atom. The molecule has 2 aromatic carbocycles. The third kappa shape index (κ3) is 20.3. The molecule has 0 unspecified atom stereocenters. The van der Waals surface area contributed by atoms with Crippen molar-refractivity contribution < 1.29 is 36.1 Å². The summed E-state index contributed by atoms with van der Waals surface area (Å²) >= 11 is 0. The van der Waals surface area contributed by atoms with Gasteiger partial charge in [0.2, 0.25) is 0 Å². The molecule has 10 nitrogen and oxygen atoms in total. The van der Waals surface area contributed by atoms with E-state index >= 15 is 0 Å². The maximum absolute atomic E-state index is 11.4. The number of amides is 2. The Kier molecular flexibility index (Phi) is 14.0. The van der Waals surface area contributed by atoms with Gasteiger partial charge in [0.25, 0.3) is 11.8 Å². The van der Waals surface area contributed by atoms with Crippen LogP contribution in [0.5, 0.6) is 0 Å². The lowest BCUT2D eigenvalue weighted by atomic mass is 10.2. The van der Waals surface area contributed by atoms with E-state index in [0.29, 0.717) is 11.1 Å². The van der Waals surface area contributed by atoms with Crippen LogP contribution in [0.4, 0.5) is 11.4 Å². The third-order valence-electron chi connectivity index (χ3n) is 4.51. The van der Waals surface area contributed by atoms with Crippen molar-refractivity contribution in [1.82, 2.24) is 0 Å². The molecule has 2 N–H and O–H groups in total. The van der Waals surface area contributed by atoms with Gasteiger partial charge in [0.15, 0.2) is 0 Å². The molecule has 216 valence electrons. The van der Waals surface area contributed by atoms with Crippen LogP contribution in [0.1, 0.15) is 25.0 Å². The van der Waals surface area contributed by atoms with Crippen LogP contribution in [0.3, 0.4) is 0 Å². The predicted molar refractivity (Wildman–Crippen MR) is 154 cm³/mol. The molecule has 0 spiro atoms. The molecule has 0 aromatic heterocycles. The number of benzene rings is 2. The summed E-state index contributed by atoms with van der Waals surface area (Å²) in [7, 11) is 7.73. The second-order valence-corrected chi connectivity index (χ2v) is 12.0. The highest BCUT2D eigenvalue weighted by molar-refractivity contribution is 7.79. The second kappa shape index (κ2) is 15.3. The van der Waals surface area contributed by atoms with Crippen molar-refractivity contribution in [2.75, 3.05) is 52.9 Å². The van der Waals surface area contributed by atoms with Crippen molar-refractivity contribution in [1.29, 1.82) is 0 Å². The lowest BCUT2D eigenvalue weighted by Crippen LogP contribution is -2.33. The number of anilines is 2. The summed E-state index contributed by atoms with van der Waals surface area (Å²) in [5.41, 5.74) is 5.16. The fourth-order valence-corrected chi connectivity index (χ4v) is 2.96. The summed E-state index contributed by atoms with van der Waals surface area (Å²) < 4.78 is 35.9. The first kappa shape index (κ1) is 35.6. The van der Waals surface area contributed by atoms with Crippen LogP contribution in [0.15, 0.2) is 72.8 Å². The van der Waals surface area contributed by atoms with Crippen LogP contribution in [0, 0.1) is 0 Å². The maximum Gasteiger partial charge on any atom is 0.250 e. The largest absolute Gasteiger partial charge is 0.759 e. The number of quaternary nitrogens is 2. The SMILES string of the molecule is C=C(C)C(=O)Nc1ccc(C[N+](C)(C)C)cc1.C=C(C)C(=O)Nc1ccc(C[N+](C)(C)C)cc1.O=S(=O)([O-])[O-]. The van der Waals surface area contributed by atoms with Crippen LogP contribution in [0.25, 0.3) is 0 Å². The molecule has 2 amide bonds. The van der Waals surface area contributed by atoms with Crippen molar-refractivity contribution in [2.24, 2.45) is 0 Å². The molecule has 0 fully saturated rings. The van der Waals surface area contributed by atoms with E-state index in [2.05, 4.69) is 66.1 Å². The van der Waals surface area contributed by atoms with Crippen LogP contribution < -0.4 is 10.6 Å². The standard InChI is InChI=1S/2C14H20N2O.H2O4S/c2*1-11(2)14(17)15-13-8-6-12(7-9-13)10-16(3,4)5;1-5(2,3)4/h2*6-9H,1,10H2,2-5H3;(H2,1,2,3,4). The van der Waals surface area contributed by atoms with Gasteiger partial charge in [-0.1, -0.05) is 37.4 Å². The Morgan fingerprint density at radius 3 is 1.08 bits per heavy atom. The summed E-state index contributed by atoms with van der Waals surface area (Å²) in [4.78, 5) is 22.8. The third-order valence-corrected chi connectivity index (χ3v) is 4.51. The average Bonchev–Trinajstić information content (AvgIpc) is 2.73. The smallest absolute Gasteiger partial charge is 0.250 e. The van der Waals surface area contributed by atoms with Crippen LogP contribution >= 0.6 is 0 Å². The number of hydrogen-bond donors (Lipinski definition) is 2. The lowest BCUT2D eigenvalue weighted by molar-refractivity contribution is -0.884. The highest BCUT2D eigenvalue weighted by atomic mass is 32.3. The molecule has 0 aliphatic rings. The minimum Gasteiger partial charge on any atom is -0.759 e. The van der Waals surface area contributed by atoms with E-state index in [1.54, 1.807) is 13.8 Å². The summed E-state index contributed by atoms with van der Waals surface area (Å²) in [6.07, 6.45) is 0. The maximum atomic E-state index is 11.4. The van der Waals surface area contributed by atoms with Crippen molar-refractivity contribution in [3.8, 4) is 0 Å². The molecule has 0 bridgehead atoms. The van der Waals surface area contributed by atoms with Gasteiger partial charge in [-0.05, 0) is 38.1 Å². The highest BCUT2D eigenvalue weighted by Crippen LogP contribution is 2.14. The van der Waals surface area contributed by atoms with Crippen molar-refractivity contribution in [3.05, 3.63) is 84.0 Å². The normalized spacial score (nSPS) is 11.1. The Labute approximate surface area is 233 Å². The second-order valence-electron chi connectivity index (χ2n) is 11.2. The monoisotopic (exact) mass is 562 g/mol. The summed E-state index contributed by atoms with van der Waals surface area (Å²) in [6.45, 7) is 12.5. The first-order valence-electron chi connectivity index (χ1n) is 11.9. The average molecular weight is 563 g/mol. The van der Waals surface area contributed by atoms with E-state index in [9.17, 15) is 9.59 Å². The van der Waals surface area contributed by atoms with E-state index < -0.39 is 10.4 Å². The number of hydrogen-bond acceptors (Lipinski definition) is 6. The molecule has 0 heterocycles. The fourth-order valence-electron chi connectivity index (χ4n) is 2.96. The first-order valence-corrected chi connectivity index (χ1v) is 13.3. The minimum absolute atomic E-state index is 0.135. The van der Waals surface area contributed by atoms with Crippen molar-refractivity contribution >= 4 is 33.6 Å². The molecule has 2 aromatic rings. The molecule has 0 aliphatic carbocycles. The van der Waals surface area contributed by atoms with Gasteiger partial charge < -0.3 is 28.7 Å². The number of carbonyl (C=O) groups is 2. The van der Waals surface area contributed by atoms with Gasteiger partial charge in [0.05, 0.1) is 42.3 Å². The molecule has 0 saturated carbocycles. The Bertz CT molecular complexity index is 1130. The van der Waals surface area contributed by atoms with E-state index in [1.165, 1.54) is 11.1 Å². The van der Waals surface area contributed by atoms with E-state index in [0.717, 1.165) is 33.4 Å². The van der Waals surface area contributed by atoms with E-state index in [-0.39, 0.29) is 11.8 Å². The Balaban J connectivity index is 0.000000632. The number of rotatable bonds is 8. The van der Waals surface area contributed by atoms with E-state index in [4.69, 9.17) is 17.5 Å². The molecule has 39 heavy (non-hydrogen) atoms. The van der Waals surface area contributed by atoms with Gasteiger partial charge in [0.1, 0.15) is 13.1 Å². The van der Waals surface area contributed by atoms with Gasteiger partial charge in [-0.2, -0.15) is 0 Å². The zero-order valence-corrected chi connectivity index (χ0v) is 25.0. The molecule has 0 radical (unpaired) electrons. The van der Waals surface area contributed by atoms with Gasteiger partial charge in [0, 0.05) is 44.0 Å². The van der Waals surface area contributed by atoms with Crippen LogP contribution in [0.2, 0.25) is 0 Å². The summed E-state index contributed by atoms with van der Waals surface area (Å²) in [5.74, 6) is -0.270. The number of nitrogens with zero attached hydrogens (tertiary/aromatic N) is 2. The summed E-state index contributed by atoms with van der Waals surface area (Å²) in [6, 6.07) is 15.8. The highest BCUT2D eigenvalue weighted by Gasteiger charge is 2.10. The molecule has 0 saturated heterocycles. The molecule has 11 heteroatoms. The fraction of sp³-hybridized carbons (Fsp3) is 0.357. The van der Waals surface area contributed by atoms with Crippen LogP contribution in [-0.2, 0) is 33.1 Å². The summed E-state index contributed by atoms with van der Waals surface area (Å²) in [5, 5.41) is 5.58. The Morgan fingerprint density at radius 2 is 0.897 bits per heavy atom. The van der Waals surface area contributed by atoms with Crippen molar-refractivity contribution in [3.63, 3.8) is 0 Å². The Hall–Kier alpha value is -3.35. The van der Waals surface area contributed by atoms with E-state index in [1.807, 2.05) is 48.5 Å². The number of carbonyl (C=O) groups excluding carboxylic acids is 2. The topological polar surface area (TPSA) is 138 Å². The zero-order chi connectivity index (χ0) is 30.6. The van der Waals surface area contributed by atoms with Crippen molar-refractivity contribution in [2.45, 2.75) is 26.9 Å². The molecule has 0 aliphatic heterocycles. The van der Waals surface area contributed by atoms with Crippen LogP contribution in [-0.4, -0.2) is 80.6 Å². The first-order chi connectivity index (χ1) is 17.6. The number of nitrogens with one attached hydrogen (secondary N) is 2. The molecule has 0 atom stereocenters. The van der Waals surface area contributed by atoms with Gasteiger partial charge in [-0.25, -0.2) is 0 Å². The minimum atomic E-state index is -5.17. The molecule has 2 rings (SSSR count). The molecular weight excluding hydrogens is 520 g/mol. The predicted octanol–water partition coefficient (Wildman–Crippen LogP) is 3.48. The quantitative estimate of drug-likeness (QED) is 0.219. The lowest BCUT2D eigenvalue weighted by Gasteiger charge is -2.23. The zero-order valence-electron chi connectivity index (χ0n) is 24.2. The molecular formula is C28H42N4O6S. The van der Waals surface area contributed by atoms with Gasteiger partial charge in [-0.15, -0.1) is 0 Å². The van der Waals surface area contributed by atoms with Gasteiger partial charge in [-0.3, -0.25) is 18.0 Å².